The molecule has 0 amide bonds. The van der Waals surface area contributed by atoms with Gasteiger partial charge in [-0.15, -0.1) is 0 Å². The molecule has 0 heterocycles. The molecule has 0 bridgehead atoms. The van der Waals surface area contributed by atoms with Crippen molar-refractivity contribution < 1.29 is 9.47 Å². The molecule has 0 saturated carbocycles. The maximum Gasteiger partial charge on any atom is 0.0703 e. The molecule has 94 valence electrons. The van der Waals surface area contributed by atoms with Crippen LogP contribution in [0.1, 0.15) is 41.5 Å². The van der Waals surface area contributed by atoms with Crippen LogP contribution in [0.4, 0.5) is 0 Å². The van der Waals surface area contributed by atoms with Gasteiger partial charge in [-0.3, -0.25) is 0 Å². The number of hydrogen-bond acceptors (Lipinski definition) is 3. The van der Waals surface area contributed by atoms with Crippen LogP contribution in [0.2, 0.25) is 0 Å². The maximum absolute atomic E-state index is 5.35. The van der Waals surface area contributed by atoms with E-state index in [4.69, 9.17) is 9.47 Å². The Hall–Kier alpha value is -0.120. The lowest BCUT2D eigenvalue weighted by Crippen LogP contribution is -2.27. The number of hydrogen-bond donors (Lipinski definition) is 1. The van der Waals surface area contributed by atoms with Gasteiger partial charge in [-0.25, -0.2) is 0 Å². The minimum Gasteiger partial charge on any atom is -0.378 e. The van der Waals surface area contributed by atoms with E-state index < -0.39 is 0 Å². The van der Waals surface area contributed by atoms with Crippen LogP contribution in [-0.2, 0) is 9.47 Å². The van der Waals surface area contributed by atoms with Crippen LogP contribution in [0.5, 0.6) is 0 Å². The fourth-order valence-corrected chi connectivity index (χ4v) is 0.865. The van der Waals surface area contributed by atoms with Gasteiger partial charge in [-0.2, -0.15) is 0 Å². The van der Waals surface area contributed by atoms with Crippen LogP contribution in [0.25, 0.3) is 0 Å². The second kappa shape index (κ2) is 13.9. The molecule has 0 radical (unpaired) electrons. The van der Waals surface area contributed by atoms with Gasteiger partial charge in [0.1, 0.15) is 0 Å². The molecule has 0 aliphatic heterocycles. The number of ether oxygens (including phenoxy) is 2. The molecule has 0 spiro atoms. The Bertz CT molecular complexity index is 93.8. The van der Waals surface area contributed by atoms with E-state index in [9.17, 15) is 0 Å². The van der Waals surface area contributed by atoms with E-state index in [0.717, 1.165) is 13.2 Å². The molecule has 0 rings (SSSR count). The minimum atomic E-state index is 0.303. The van der Waals surface area contributed by atoms with E-state index in [1.54, 1.807) is 0 Å². The highest BCUT2D eigenvalue weighted by Crippen LogP contribution is 1.86. The number of nitrogens with one attached hydrogen (secondary N) is 1. The van der Waals surface area contributed by atoms with Gasteiger partial charge in [-0.05, 0) is 13.8 Å². The zero-order valence-corrected chi connectivity index (χ0v) is 11.3. The fraction of sp³-hybridized carbons (Fsp3) is 1.00. The van der Waals surface area contributed by atoms with Crippen molar-refractivity contribution in [3.63, 3.8) is 0 Å². The first-order chi connectivity index (χ1) is 7.13. The molecular formula is C12H29NO2. The van der Waals surface area contributed by atoms with Crippen LogP contribution in [0, 0.1) is 0 Å². The van der Waals surface area contributed by atoms with Crippen molar-refractivity contribution in [3.05, 3.63) is 0 Å². The molecule has 0 saturated heterocycles. The quantitative estimate of drug-likeness (QED) is 0.636. The fourth-order valence-electron chi connectivity index (χ4n) is 0.865. The van der Waals surface area contributed by atoms with E-state index >= 15 is 0 Å². The Kier molecular flexibility index (Phi) is 16.0. The van der Waals surface area contributed by atoms with Crippen LogP contribution in [0.15, 0.2) is 0 Å². The molecule has 1 N–H and O–H groups in total. The van der Waals surface area contributed by atoms with Gasteiger partial charge < -0.3 is 14.8 Å². The van der Waals surface area contributed by atoms with E-state index in [2.05, 4.69) is 19.2 Å². The highest BCUT2D eigenvalue weighted by Gasteiger charge is 1.94. The molecule has 0 aliphatic rings. The molecule has 0 unspecified atom stereocenters. The first-order valence-corrected chi connectivity index (χ1v) is 6.05. The molecule has 0 aromatic carbocycles. The Morgan fingerprint density at radius 3 is 2.00 bits per heavy atom. The van der Waals surface area contributed by atoms with Crippen molar-refractivity contribution in [2.45, 2.75) is 53.7 Å². The summed E-state index contributed by atoms with van der Waals surface area (Å²) in [6, 6.07) is 0.538. The van der Waals surface area contributed by atoms with Crippen molar-refractivity contribution in [2.75, 3.05) is 26.4 Å². The predicted molar refractivity (Wildman–Crippen MR) is 66.4 cm³/mol. The normalized spacial score (nSPS) is 10.4. The first-order valence-electron chi connectivity index (χ1n) is 6.05. The molecule has 0 atom stereocenters. The zero-order valence-electron chi connectivity index (χ0n) is 11.3. The largest absolute Gasteiger partial charge is 0.378 e. The molecule has 3 heteroatoms. The van der Waals surface area contributed by atoms with Gasteiger partial charge in [0.2, 0.25) is 0 Å². The van der Waals surface area contributed by atoms with E-state index in [1.165, 1.54) is 0 Å². The third-order valence-electron chi connectivity index (χ3n) is 1.48. The van der Waals surface area contributed by atoms with Crippen molar-refractivity contribution in [1.29, 1.82) is 0 Å². The van der Waals surface area contributed by atoms with Crippen LogP contribution in [0.3, 0.4) is 0 Å². The lowest BCUT2D eigenvalue weighted by Gasteiger charge is -2.09. The molecule has 0 aromatic rings. The Morgan fingerprint density at radius 2 is 1.53 bits per heavy atom. The van der Waals surface area contributed by atoms with Gasteiger partial charge in [0, 0.05) is 12.6 Å². The monoisotopic (exact) mass is 219 g/mol. The van der Waals surface area contributed by atoms with Gasteiger partial charge >= 0.3 is 0 Å². The Morgan fingerprint density at radius 1 is 0.933 bits per heavy atom. The summed E-state index contributed by atoms with van der Waals surface area (Å²) in [6.07, 6.45) is 0.303. The predicted octanol–water partition coefficient (Wildman–Crippen LogP) is 2.45. The van der Waals surface area contributed by atoms with E-state index in [0.29, 0.717) is 25.4 Å². The second-order valence-corrected chi connectivity index (χ2v) is 3.64. The summed E-state index contributed by atoms with van der Waals surface area (Å²) < 4.78 is 10.7. The summed E-state index contributed by atoms with van der Waals surface area (Å²) in [7, 11) is 0. The second-order valence-electron chi connectivity index (χ2n) is 3.64. The summed E-state index contributed by atoms with van der Waals surface area (Å²) >= 11 is 0. The number of rotatable bonds is 8. The summed E-state index contributed by atoms with van der Waals surface area (Å²) in [5.74, 6) is 0. The Labute approximate surface area is 95.5 Å². The highest BCUT2D eigenvalue weighted by molar-refractivity contribution is 4.50. The van der Waals surface area contributed by atoms with E-state index in [-0.39, 0.29) is 0 Å². The molecule has 3 nitrogen and oxygen atoms in total. The minimum absolute atomic E-state index is 0.303. The summed E-state index contributed by atoms with van der Waals surface area (Å²) in [6.45, 7) is 15.4. The lowest BCUT2D eigenvalue weighted by molar-refractivity contribution is 0.0202. The molecule has 15 heavy (non-hydrogen) atoms. The highest BCUT2D eigenvalue weighted by atomic mass is 16.5. The SMILES string of the molecule is CC.CC(C)NCCOCCOC(C)C. The van der Waals surface area contributed by atoms with Crippen molar-refractivity contribution in [3.8, 4) is 0 Å². The smallest absolute Gasteiger partial charge is 0.0703 e. The van der Waals surface area contributed by atoms with Gasteiger partial charge in [0.15, 0.2) is 0 Å². The molecule has 0 aliphatic carbocycles. The van der Waals surface area contributed by atoms with Crippen molar-refractivity contribution in [1.82, 2.24) is 5.32 Å². The first kappa shape index (κ1) is 17.3. The molecular weight excluding hydrogens is 190 g/mol. The average Bonchev–Trinajstić information content (AvgIpc) is 2.18. The maximum atomic E-state index is 5.35. The topological polar surface area (TPSA) is 30.5 Å². The third-order valence-corrected chi connectivity index (χ3v) is 1.48. The summed E-state index contributed by atoms with van der Waals surface area (Å²) in [4.78, 5) is 0. The van der Waals surface area contributed by atoms with Crippen molar-refractivity contribution >= 4 is 0 Å². The van der Waals surface area contributed by atoms with Crippen LogP contribution < -0.4 is 5.32 Å². The van der Waals surface area contributed by atoms with Gasteiger partial charge in [0.05, 0.1) is 25.9 Å². The average molecular weight is 219 g/mol. The van der Waals surface area contributed by atoms with Crippen LogP contribution >= 0.6 is 0 Å². The molecule has 0 fully saturated rings. The van der Waals surface area contributed by atoms with Gasteiger partial charge in [0.25, 0.3) is 0 Å². The zero-order chi connectivity index (χ0) is 12.1. The van der Waals surface area contributed by atoms with Crippen molar-refractivity contribution in [2.24, 2.45) is 0 Å². The third kappa shape index (κ3) is 20.1. The summed E-state index contributed by atoms with van der Waals surface area (Å²) in [5, 5.41) is 3.28. The van der Waals surface area contributed by atoms with E-state index in [1.807, 2.05) is 27.7 Å². The lowest BCUT2D eigenvalue weighted by atomic mass is 10.4. The summed E-state index contributed by atoms with van der Waals surface area (Å²) in [5.41, 5.74) is 0. The Balaban J connectivity index is 0. The van der Waals surface area contributed by atoms with Crippen LogP contribution in [-0.4, -0.2) is 38.5 Å². The van der Waals surface area contributed by atoms with Gasteiger partial charge in [-0.1, -0.05) is 27.7 Å². The molecule has 0 aromatic heterocycles. The standard InChI is InChI=1S/C10H23NO2.C2H6/c1-9(2)11-5-6-12-7-8-13-10(3)4;1-2/h9-11H,5-8H2,1-4H3;1-2H3.